The van der Waals surface area contributed by atoms with Crippen molar-refractivity contribution in [3.05, 3.63) is 29.3 Å². The van der Waals surface area contributed by atoms with Gasteiger partial charge in [0.25, 0.3) is 0 Å². The number of benzene rings is 1. The van der Waals surface area contributed by atoms with Crippen molar-refractivity contribution in [2.24, 2.45) is 23.2 Å². The maximum Gasteiger partial charge on any atom is 0.453 e. The van der Waals surface area contributed by atoms with E-state index in [0.717, 1.165) is 75.6 Å². The van der Waals surface area contributed by atoms with E-state index in [2.05, 4.69) is 18.9 Å². The summed E-state index contributed by atoms with van der Waals surface area (Å²) in [5, 5.41) is 21.4. The molecule has 246 valence electrons. The second kappa shape index (κ2) is 13.5. The first-order chi connectivity index (χ1) is 20.1. The van der Waals surface area contributed by atoms with Gasteiger partial charge in [-0.3, -0.25) is 0 Å². The fraction of sp³-hybridized carbons (Fsp3) is 0.824. The second-order valence-electron chi connectivity index (χ2n) is 14.4. The Kier molecular flexibility index (Phi) is 10.8. The van der Waals surface area contributed by atoms with Crippen LogP contribution in [0, 0.1) is 23.2 Å². The van der Waals surface area contributed by atoms with Crippen LogP contribution in [0.15, 0.2) is 18.2 Å². The van der Waals surface area contributed by atoms with Crippen LogP contribution in [0.25, 0.3) is 0 Å². The lowest BCUT2D eigenvalue weighted by molar-refractivity contribution is -0.284. The molecule has 0 heterocycles. The molecule has 2 N–H and O–H groups in total. The van der Waals surface area contributed by atoms with Gasteiger partial charge in [-0.2, -0.15) is 22.0 Å². The molecule has 1 aromatic carbocycles. The first-order valence-electron chi connectivity index (χ1n) is 16.4. The van der Waals surface area contributed by atoms with Crippen molar-refractivity contribution in [3.63, 3.8) is 0 Å². The van der Waals surface area contributed by atoms with Gasteiger partial charge in [0.1, 0.15) is 11.9 Å². The normalized spacial score (nSPS) is 32.5. The molecule has 0 amide bonds. The van der Waals surface area contributed by atoms with Gasteiger partial charge in [0.2, 0.25) is 0 Å². The largest absolute Gasteiger partial charge is 0.508 e. The number of hydrogen-bond acceptors (Lipinski definition) is 3. The number of phenols is 1. The highest BCUT2D eigenvalue weighted by Crippen LogP contribution is 2.66. The molecule has 0 radical (unpaired) electrons. The Balaban J connectivity index is 1.21. The molecule has 43 heavy (non-hydrogen) atoms. The minimum absolute atomic E-state index is 0.122. The van der Waals surface area contributed by atoms with Crippen LogP contribution in [0.2, 0.25) is 0 Å². The minimum Gasteiger partial charge on any atom is -0.508 e. The lowest BCUT2D eigenvalue weighted by Gasteiger charge is -2.56. The van der Waals surface area contributed by atoms with Crippen molar-refractivity contribution in [1.82, 2.24) is 4.90 Å². The van der Waals surface area contributed by atoms with E-state index in [4.69, 9.17) is 0 Å². The van der Waals surface area contributed by atoms with Crippen LogP contribution in [0.5, 0.6) is 5.75 Å². The number of fused-ring (bicyclic) bond motifs is 5. The predicted octanol–water partition coefficient (Wildman–Crippen LogP) is 9.20. The van der Waals surface area contributed by atoms with Gasteiger partial charge < -0.3 is 15.1 Å². The van der Waals surface area contributed by atoms with Gasteiger partial charge in [-0.25, -0.2) is 4.39 Å². The lowest BCUT2D eigenvalue weighted by atomic mass is 9.50. The third-order valence-electron chi connectivity index (χ3n) is 11.5. The van der Waals surface area contributed by atoms with Gasteiger partial charge >= 0.3 is 12.1 Å². The number of halogens is 6. The molecule has 2 saturated carbocycles. The fourth-order valence-corrected chi connectivity index (χ4v) is 8.76. The Hall–Kier alpha value is -1.48. The highest BCUT2D eigenvalue weighted by atomic mass is 19.4. The standard InChI is InChI=1S/C34H51F6NO2/c1-31-22-28(35)30-26-14-13-25(42)21-24(26)20-23(29(30)27(31)15-17-32(31,2)43)12-8-7-11-19-41(3)18-10-6-4-5-9-16-33(36,37)34(38,39)40/h13-14,21,23,27-30,42-43H,4-12,15-20,22H2,1-3H3/t23-,27?,28+,29?,30?,31+,32-/m1/s1. The van der Waals surface area contributed by atoms with Crippen LogP contribution in [0.3, 0.4) is 0 Å². The molecule has 3 aliphatic rings. The Morgan fingerprint density at radius 1 is 0.930 bits per heavy atom. The first-order valence-corrected chi connectivity index (χ1v) is 16.4. The summed E-state index contributed by atoms with van der Waals surface area (Å²) in [5.74, 6) is -3.79. The molecule has 3 unspecified atom stereocenters. The SMILES string of the molecule is CN(CCCCCCCC(F)(F)C(F)(F)F)CCCCC[C@@H]1Cc2cc(O)ccc2C2C1C1CC[C@@](C)(O)[C@@]1(C)C[C@@H]2F. The molecule has 3 aliphatic carbocycles. The van der Waals surface area contributed by atoms with E-state index in [9.17, 15) is 32.2 Å². The Morgan fingerprint density at radius 2 is 1.56 bits per heavy atom. The number of rotatable bonds is 14. The van der Waals surface area contributed by atoms with Gasteiger partial charge in [0.15, 0.2) is 0 Å². The topological polar surface area (TPSA) is 43.7 Å². The lowest BCUT2D eigenvalue weighted by Crippen LogP contribution is -2.54. The molecule has 2 fully saturated rings. The second-order valence-corrected chi connectivity index (χ2v) is 14.4. The average Bonchev–Trinajstić information content (AvgIpc) is 3.14. The Morgan fingerprint density at radius 3 is 2.23 bits per heavy atom. The van der Waals surface area contributed by atoms with Crippen LogP contribution in [-0.2, 0) is 6.42 Å². The molecule has 0 aliphatic heterocycles. The van der Waals surface area contributed by atoms with Crippen LogP contribution in [0.4, 0.5) is 26.3 Å². The van der Waals surface area contributed by atoms with E-state index in [-0.39, 0.29) is 29.9 Å². The minimum atomic E-state index is -5.46. The average molecular weight is 620 g/mol. The smallest absolute Gasteiger partial charge is 0.453 e. The molecular formula is C34H51F6NO2. The van der Waals surface area contributed by atoms with Crippen molar-refractivity contribution in [3.8, 4) is 5.75 Å². The zero-order chi connectivity index (χ0) is 31.6. The van der Waals surface area contributed by atoms with Gasteiger partial charge in [-0.05, 0) is 119 Å². The molecule has 1 aromatic rings. The summed E-state index contributed by atoms with van der Waals surface area (Å²) in [4.78, 5) is 2.24. The summed E-state index contributed by atoms with van der Waals surface area (Å²) in [6, 6.07) is 5.41. The molecule has 0 saturated heterocycles. The molecule has 9 heteroatoms. The molecule has 0 bridgehead atoms. The van der Waals surface area contributed by atoms with Gasteiger partial charge in [0, 0.05) is 17.8 Å². The van der Waals surface area contributed by atoms with Crippen LogP contribution >= 0.6 is 0 Å². The number of nitrogens with zero attached hydrogens (tertiary/aromatic N) is 1. The number of aliphatic hydroxyl groups is 1. The highest BCUT2D eigenvalue weighted by Gasteiger charge is 2.63. The van der Waals surface area contributed by atoms with E-state index in [0.29, 0.717) is 31.6 Å². The maximum atomic E-state index is 16.1. The number of unbranched alkanes of at least 4 members (excludes halogenated alkanes) is 6. The van der Waals surface area contributed by atoms with E-state index >= 15 is 4.39 Å². The fourth-order valence-electron chi connectivity index (χ4n) is 8.76. The van der Waals surface area contributed by atoms with Gasteiger partial charge in [-0.1, -0.05) is 45.1 Å². The van der Waals surface area contributed by atoms with Crippen LogP contribution in [0.1, 0.15) is 114 Å². The summed E-state index contributed by atoms with van der Waals surface area (Å²) in [7, 11) is 2.05. The first kappa shape index (κ1) is 34.4. The van der Waals surface area contributed by atoms with Gasteiger partial charge in [0.05, 0.1) is 5.60 Å². The summed E-state index contributed by atoms with van der Waals surface area (Å²) < 4.78 is 78.8. The van der Waals surface area contributed by atoms with E-state index < -0.39 is 35.7 Å². The van der Waals surface area contributed by atoms with Crippen molar-refractivity contribution in [2.75, 3.05) is 20.1 Å². The van der Waals surface area contributed by atoms with E-state index in [1.165, 1.54) is 0 Å². The van der Waals surface area contributed by atoms with E-state index in [1.54, 1.807) is 6.07 Å². The third-order valence-corrected chi connectivity index (χ3v) is 11.5. The quantitative estimate of drug-likeness (QED) is 0.161. The summed E-state index contributed by atoms with van der Waals surface area (Å²) in [6.45, 7) is 5.78. The molecule has 4 rings (SSSR count). The van der Waals surface area contributed by atoms with Crippen molar-refractivity contribution >= 4 is 0 Å². The number of aromatic hydroxyl groups is 1. The summed E-state index contributed by atoms with van der Waals surface area (Å²) in [6.07, 6.45) is 1.95. The number of phenolic OH excluding ortho intramolecular Hbond substituents is 1. The predicted molar refractivity (Wildman–Crippen MR) is 157 cm³/mol. The summed E-state index contributed by atoms with van der Waals surface area (Å²) in [5.41, 5.74) is 0.813. The Bertz CT molecular complexity index is 1060. The monoisotopic (exact) mass is 619 g/mol. The molecular weight excluding hydrogens is 568 g/mol. The van der Waals surface area contributed by atoms with Crippen molar-refractivity contribution in [2.45, 2.75) is 134 Å². The van der Waals surface area contributed by atoms with Gasteiger partial charge in [-0.15, -0.1) is 0 Å². The van der Waals surface area contributed by atoms with Crippen LogP contribution in [-0.4, -0.2) is 59.1 Å². The zero-order valence-electron chi connectivity index (χ0n) is 26.0. The molecule has 7 atom stereocenters. The number of hydrogen-bond donors (Lipinski definition) is 2. The zero-order valence-corrected chi connectivity index (χ0v) is 26.0. The van der Waals surface area contributed by atoms with Crippen LogP contribution < -0.4 is 0 Å². The molecule has 0 spiro atoms. The number of alkyl halides is 6. The maximum absolute atomic E-state index is 16.1. The van der Waals surface area contributed by atoms with E-state index in [1.807, 2.05) is 19.1 Å². The van der Waals surface area contributed by atoms with Crippen molar-refractivity contribution < 1.29 is 36.6 Å². The van der Waals surface area contributed by atoms with Crippen molar-refractivity contribution in [1.29, 1.82) is 0 Å². The third kappa shape index (κ3) is 7.50. The molecule has 0 aromatic heterocycles. The molecule has 3 nitrogen and oxygen atoms in total. The Labute approximate surface area is 253 Å². The summed E-state index contributed by atoms with van der Waals surface area (Å²) >= 11 is 0. The highest BCUT2D eigenvalue weighted by molar-refractivity contribution is 5.41.